The summed E-state index contributed by atoms with van der Waals surface area (Å²) in [5, 5.41) is 2.71. The Hall–Kier alpha value is -2.77. The van der Waals surface area contributed by atoms with E-state index in [9.17, 15) is 14.0 Å². The molecule has 1 atom stereocenters. The number of nitrogens with one attached hydrogen (secondary N) is 1. The standard InChI is InChI=1S/C22H18ClFN2O3S/c1-13-22(28)26(12-16-17(23)5-2-6-18(16)24)19-10-14(7-8-20(19)30-13)21(27)25-11-15-4-3-9-29-15/h2-10,13H,11-12H2,1H3,(H,25,27). The van der Waals surface area contributed by atoms with Crippen molar-refractivity contribution >= 4 is 40.9 Å². The average molecular weight is 445 g/mol. The van der Waals surface area contributed by atoms with Crippen LogP contribution in [-0.4, -0.2) is 17.1 Å². The number of hydrogen-bond donors (Lipinski definition) is 1. The van der Waals surface area contributed by atoms with Gasteiger partial charge < -0.3 is 14.6 Å². The van der Waals surface area contributed by atoms with E-state index in [1.165, 1.54) is 35.1 Å². The first kappa shape index (κ1) is 20.5. The van der Waals surface area contributed by atoms with Gasteiger partial charge in [0.1, 0.15) is 11.6 Å². The van der Waals surface area contributed by atoms with E-state index in [2.05, 4.69) is 5.32 Å². The van der Waals surface area contributed by atoms with Crippen LogP contribution in [0.1, 0.15) is 28.6 Å². The molecule has 1 aliphatic heterocycles. The lowest BCUT2D eigenvalue weighted by Crippen LogP contribution is -2.39. The van der Waals surface area contributed by atoms with Crippen LogP contribution < -0.4 is 10.2 Å². The summed E-state index contributed by atoms with van der Waals surface area (Å²) in [6.07, 6.45) is 1.54. The molecule has 0 saturated carbocycles. The van der Waals surface area contributed by atoms with E-state index in [-0.39, 0.29) is 40.7 Å². The molecule has 2 amide bonds. The van der Waals surface area contributed by atoms with E-state index in [1.807, 2.05) is 0 Å². The van der Waals surface area contributed by atoms with Gasteiger partial charge in [-0.05, 0) is 49.4 Å². The Bertz CT molecular complexity index is 1080. The number of carbonyl (C=O) groups is 2. The van der Waals surface area contributed by atoms with Gasteiger partial charge in [0, 0.05) is 21.0 Å². The van der Waals surface area contributed by atoms with Crippen molar-refractivity contribution in [3.8, 4) is 0 Å². The maximum Gasteiger partial charge on any atom is 0.251 e. The molecule has 1 unspecified atom stereocenters. The summed E-state index contributed by atoms with van der Waals surface area (Å²) in [6.45, 7) is 2.04. The van der Waals surface area contributed by atoms with Crippen LogP contribution in [0.25, 0.3) is 0 Å². The van der Waals surface area contributed by atoms with Gasteiger partial charge in [-0.15, -0.1) is 11.8 Å². The average Bonchev–Trinajstić information content (AvgIpc) is 3.25. The van der Waals surface area contributed by atoms with Gasteiger partial charge in [0.15, 0.2) is 0 Å². The van der Waals surface area contributed by atoms with Crippen molar-refractivity contribution in [3.05, 3.63) is 82.5 Å². The minimum absolute atomic E-state index is 0.0142. The topological polar surface area (TPSA) is 62.6 Å². The maximum atomic E-state index is 14.3. The van der Waals surface area contributed by atoms with E-state index >= 15 is 0 Å². The second-order valence-corrected chi connectivity index (χ2v) is 8.62. The van der Waals surface area contributed by atoms with Gasteiger partial charge in [-0.25, -0.2) is 4.39 Å². The van der Waals surface area contributed by atoms with Crippen molar-refractivity contribution < 1.29 is 18.4 Å². The van der Waals surface area contributed by atoms with Crippen molar-refractivity contribution in [1.82, 2.24) is 5.32 Å². The quantitative estimate of drug-likeness (QED) is 0.599. The molecule has 0 aliphatic carbocycles. The number of anilines is 1. The first-order valence-electron chi connectivity index (χ1n) is 9.29. The van der Waals surface area contributed by atoms with E-state index < -0.39 is 5.82 Å². The number of rotatable bonds is 5. The first-order valence-corrected chi connectivity index (χ1v) is 10.6. The van der Waals surface area contributed by atoms with Gasteiger partial charge in [0.2, 0.25) is 5.91 Å². The van der Waals surface area contributed by atoms with Crippen LogP contribution in [0.2, 0.25) is 5.02 Å². The fourth-order valence-electron chi connectivity index (χ4n) is 3.24. The lowest BCUT2D eigenvalue weighted by molar-refractivity contribution is -0.118. The monoisotopic (exact) mass is 444 g/mol. The molecule has 8 heteroatoms. The molecule has 0 spiro atoms. The van der Waals surface area contributed by atoms with Crippen molar-refractivity contribution in [3.63, 3.8) is 0 Å². The zero-order valence-electron chi connectivity index (χ0n) is 16.0. The minimum atomic E-state index is -0.477. The van der Waals surface area contributed by atoms with Crippen LogP contribution in [0.5, 0.6) is 0 Å². The molecule has 0 radical (unpaired) electrons. The molecule has 0 bridgehead atoms. The van der Waals surface area contributed by atoms with Crippen LogP contribution in [0.15, 0.2) is 64.1 Å². The van der Waals surface area contributed by atoms with Crippen molar-refractivity contribution in [2.45, 2.75) is 30.2 Å². The molecule has 0 fully saturated rings. The van der Waals surface area contributed by atoms with Crippen molar-refractivity contribution in [2.24, 2.45) is 0 Å². The Morgan fingerprint density at radius 3 is 2.83 bits per heavy atom. The number of carbonyl (C=O) groups excluding carboxylic acids is 2. The largest absolute Gasteiger partial charge is 0.467 e. The van der Waals surface area contributed by atoms with E-state index in [0.29, 0.717) is 17.0 Å². The van der Waals surface area contributed by atoms with Gasteiger partial charge in [-0.3, -0.25) is 9.59 Å². The first-order chi connectivity index (χ1) is 14.4. The highest BCUT2D eigenvalue weighted by Gasteiger charge is 2.32. The highest BCUT2D eigenvalue weighted by atomic mass is 35.5. The molecule has 1 aromatic heterocycles. The van der Waals surface area contributed by atoms with Gasteiger partial charge in [-0.1, -0.05) is 17.7 Å². The van der Waals surface area contributed by atoms with E-state index in [0.717, 1.165) is 4.90 Å². The highest BCUT2D eigenvalue weighted by Crippen LogP contribution is 2.41. The predicted octanol–water partition coefficient (Wildman–Crippen LogP) is 5.03. The Morgan fingerprint density at radius 1 is 1.27 bits per heavy atom. The number of halogens is 2. The Morgan fingerprint density at radius 2 is 2.10 bits per heavy atom. The molecule has 1 N–H and O–H groups in total. The summed E-state index contributed by atoms with van der Waals surface area (Å²) in [5.74, 6) is -0.305. The molecular formula is C22H18ClFN2O3S. The summed E-state index contributed by atoms with van der Waals surface area (Å²) < 4.78 is 19.6. The molecular weight excluding hydrogens is 427 g/mol. The molecule has 5 nitrogen and oxygen atoms in total. The van der Waals surface area contributed by atoms with E-state index in [4.69, 9.17) is 16.0 Å². The molecule has 3 aromatic rings. The smallest absolute Gasteiger partial charge is 0.251 e. The second kappa shape index (κ2) is 8.53. The van der Waals surface area contributed by atoms with Gasteiger partial charge >= 0.3 is 0 Å². The Balaban J connectivity index is 1.64. The normalized spacial score (nSPS) is 15.8. The maximum absolute atomic E-state index is 14.3. The highest BCUT2D eigenvalue weighted by molar-refractivity contribution is 8.01. The van der Waals surface area contributed by atoms with Gasteiger partial charge in [-0.2, -0.15) is 0 Å². The third-order valence-electron chi connectivity index (χ3n) is 4.81. The molecule has 1 aliphatic rings. The van der Waals surface area contributed by atoms with Crippen molar-refractivity contribution in [1.29, 1.82) is 0 Å². The Labute approximate surface area is 182 Å². The number of nitrogens with zero attached hydrogens (tertiary/aromatic N) is 1. The fraction of sp³-hybridized carbons (Fsp3) is 0.182. The molecule has 2 aromatic carbocycles. The fourth-order valence-corrected chi connectivity index (χ4v) is 4.50. The molecule has 30 heavy (non-hydrogen) atoms. The molecule has 0 saturated heterocycles. The third-order valence-corrected chi connectivity index (χ3v) is 6.32. The SMILES string of the molecule is CC1Sc2ccc(C(=O)NCc3ccco3)cc2N(Cc2c(F)cccc2Cl)C1=O. The zero-order valence-corrected chi connectivity index (χ0v) is 17.6. The van der Waals surface area contributed by atoms with Crippen molar-refractivity contribution in [2.75, 3.05) is 4.90 Å². The summed E-state index contributed by atoms with van der Waals surface area (Å²) in [4.78, 5) is 27.8. The van der Waals surface area contributed by atoms with Crippen LogP contribution in [0.3, 0.4) is 0 Å². The summed E-state index contributed by atoms with van der Waals surface area (Å²) in [7, 11) is 0. The number of benzene rings is 2. The van der Waals surface area contributed by atoms with Crippen LogP contribution in [0.4, 0.5) is 10.1 Å². The number of furan rings is 1. The number of amides is 2. The lowest BCUT2D eigenvalue weighted by atomic mass is 10.1. The third kappa shape index (κ3) is 4.08. The zero-order chi connectivity index (χ0) is 21.3. The van der Waals surface area contributed by atoms with Gasteiger partial charge in [0.05, 0.1) is 30.3 Å². The van der Waals surface area contributed by atoms with Gasteiger partial charge in [0.25, 0.3) is 5.91 Å². The summed E-state index contributed by atoms with van der Waals surface area (Å²) >= 11 is 7.59. The number of fused-ring (bicyclic) bond motifs is 1. The molecule has 154 valence electrons. The second-order valence-electron chi connectivity index (χ2n) is 6.83. The van der Waals surface area contributed by atoms with Crippen LogP contribution in [-0.2, 0) is 17.9 Å². The molecule has 4 rings (SSSR count). The summed E-state index contributed by atoms with van der Waals surface area (Å²) in [5.41, 5.74) is 1.20. The minimum Gasteiger partial charge on any atom is -0.467 e. The predicted molar refractivity (Wildman–Crippen MR) is 114 cm³/mol. The lowest BCUT2D eigenvalue weighted by Gasteiger charge is -2.33. The van der Waals surface area contributed by atoms with Crippen LogP contribution >= 0.6 is 23.4 Å². The number of thioether (sulfide) groups is 1. The summed E-state index contributed by atoms with van der Waals surface area (Å²) in [6, 6.07) is 13.1. The molecule has 2 heterocycles. The van der Waals surface area contributed by atoms with E-state index in [1.54, 1.807) is 43.3 Å². The van der Waals surface area contributed by atoms with Crippen LogP contribution in [0, 0.1) is 5.82 Å². The Kier molecular flexibility index (Phi) is 5.83. The number of hydrogen-bond acceptors (Lipinski definition) is 4.